The van der Waals surface area contributed by atoms with Gasteiger partial charge in [-0.25, -0.2) is 0 Å². The average Bonchev–Trinajstić information content (AvgIpc) is 1.63. The standard InChI is InChI=1S/C32H35N2.C31H33N2.C25H23N2.C24H21N2.4CH4/c1-20-11-14-26(21(2)17-20)31-32-29(22(3)19-33(31)4)28-16-13-25-18-24(23-9-7-6-8-10-23)12-15-27(25)30(28)34(32)5;1-19-10-13-25(20(2)16-19)30-31-28(21(3)18-32(30)4)27-15-12-24-17-23(22-8-6-7-9-22)11-14-26(24)29(27)33(31)5;1-16-9-10-18-15-23-22(14-19(18)13-16)21-11-12-26(3)24(25(21)27(23)4)20-8-6-5-7-17(20)2;1-16-8-4-7-11-19(16)23-24-20(12-13-25(23)2)21-14-17-9-5-6-10-18(17)15-22(21)26(24)3;;;;/h11-19,23H,6-10H2,1-5H3;10-18,22H,6-9H2,1-5H3;5-15H,1-4H3;4-15H,1-3H3;4*1H4/q4*+1;;;;/i1D3,3D3,23D;1D3,3D3,22D;;;;;;. The van der Waals surface area contributed by atoms with Gasteiger partial charge in [-0.2, -0.15) is 18.3 Å². The molecule has 628 valence electrons. The molecule has 0 bridgehead atoms. The van der Waals surface area contributed by atoms with Crippen LogP contribution in [0.1, 0.15) is 180 Å². The summed E-state index contributed by atoms with van der Waals surface area (Å²) in [5.41, 5.74) is 25.8. The molecule has 8 heteroatoms. The minimum absolute atomic E-state index is 0. The second kappa shape index (κ2) is 34.3. The van der Waals surface area contributed by atoms with E-state index in [4.69, 9.17) is 19.2 Å². The van der Waals surface area contributed by atoms with Crippen LogP contribution < -0.4 is 18.3 Å². The first kappa shape index (κ1) is 69.9. The highest BCUT2D eigenvalue weighted by Crippen LogP contribution is 2.46. The van der Waals surface area contributed by atoms with Crippen LogP contribution in [0.15, 0.2) is 249 Å². The van der Waals surface area contributed by atoms with Gasteiger partial charge in [-0.3, -0.25) is 0 Å². The summed E-state index contributed by atoms with van der Waals surface area (Å²) in [7, 11) is 16.3. The lowest BCUT2D eigenvalue weighted by Gasteiger charge is -2.22. The van der Waals surface area contributed by atoms with Crippen LogP contribution in [0.3, 0.4) is 0 Å². The fourth-order valence-electron chi connectivity index (χ4n) is 20.5. The summed E-state index contributed by atoms with van der Waals surface area (Å²) in [6.45, 7) is 1.24. The molecule has 2 fully saturated rings. The van der Waals surface area contributed by atoms with Gasteiger partial charge >= 0.3 is 0 Å². The third-order valence-corrected chi connectivity index (χ3v) is 26.5. The lowest BCUT2D eigenvalue weighted by atomic mass is 9.83. The molecular formula is C116H128N8+4. The maximum absolute atomic E-state index is 9.14. The zero-order valence-electron chi connectivity index (χ0n) is 85.1. The average molecular weight is 1650 g/mol. The highest BCUT2D eigenvalue weighted by atomic mass is 15.0. The minimum atomic E-state index is -2.33. The van der Waals surface area contributed by atoms with Crippen molar-refractivity contribution in [1.29, 1.82) is 0 Å². The van der Waals surface area contributed by atoms with Crippen molar-refractivity contribution in [3.05, 3.63) is 310 Å². The molecule has 2 aliphatic carbocycles. The van der Waals surface area contributed by atoms with Crippen LogP contribution in [0.4, 0.5) is 0 Å². The Balaban J connectivity index is 0.000000141. The number of aryl methyl sites for hydroxylation is 17. The highest BCUT2D eigenvalue weighted by molar-refractivity contribution is 6.23. The van der Waals surface area contributed by atoms with E-state index in [1.54, 1.807) is 36.7 Å². The van der Waals surface area contributed by atoms with Gasteiger partial charge in [-0.1, -0.05) is 242 Å². The number of fused-ring (bicyclic) bond motifs is 18. The Bertz CT molecular complexity index is 8240. The number of benzene rings is 12. The van der Waals surface area contributed by atoms with Crippen molar-refractivity contribution in [1.82, 2.24) is 18.3 Å². The fraction of sp³-hybridized carbons (Fsp3) is 0.276. The molecule has 8 nitrogen and oxygen atoms in total. The van der Waals surface area contributed by atoms with Crippen molar-refractivity contribution in [3.8, 4) is 45.0 Å². The molecule has 0 N–H and O–H groups in total. The smallest absolute Gasteiger partial charge is 0.237 e. The van der Waals surface area contributed by atoms with E-state index in [1.165, 1.54) is 111 Å². The van der Waals surface area contributed by atoms with E-state index in [-0.39, 0.29) is 52.0 Å². The van der Waals surface area contributed by atoms with Crippen molar-refractivity contribution in [3.63, 3.8) is 0 Å². The molecule has 20 aromatic rings. The second-order valence-electron chi connectivity index (χ2n) is 34.2. The maximum Gasteiger partial charge on any atom is 0.237 e. The largest absolute Gasteiger partial charge is 0.338 e. The maximum atomic E-state index is 9.14. The van der Waals surface area contributed by atoms with E-state index in [0.29, 0.717) is 10.8 Å². The molecule has 2 aliphatic rings. The van der Waals surface area contributed by atoms with Gasteiger partial charge in [0.2, 0.25) is 22.8 Å². The number of aromatic nitrogens is 8. The van der Waals surface area contributed by atoms with Crippen LogP contribution in [-0.4, -0.2) is 18.3 Å². The Kier molecular flexibility index (Phi) is 19.3. The molecule has 124 heavy (non-hydrogen) atoms. The summed E-state index contributed by atoms with van der Waals surface area (Å²) in [6.07, 6.45) is 16.7. The summed E-state index contributed by atoms with van der Waals surface area (Å²) >= 11 is 0. The number of nitrogens with zero attached hydrogens (tertiary/aromatic N) is 8. The van der Waals surface area contributed by atoms with Gasteiger partial charge in [0.05, 0.1) is 33.3 Å². The molecule has 8 aromatic heterocycles. The van der Waals surface area contributed by atoms with Crippen molar-refractivity contribution >= 4 is 130 Å². The van der Waals surface area contributed by atoms with E-state index in [0.717, 1.165) is 151 Å². The van der Waals surface area contributed by atoms with Crippen LogP contribution in [-0.2, 0) is 56.4 Å². The number of hydrogen-bond acceptors (Lipinski definition) is 0. The lowest BCUT2D eigenvalue weighted by Crippen LogP contribution is -2.32. The van der Waals surface area contributed by atoms with Crippen molar-refractivity contribution in [2.75, 3.05) is 0 Å². The Hall–Kier alpha value is -12.5. The first-order valence-corrected chi connectivity index (χ1v) is 42.3. The Morgan fingerprint density at radius 2 is 0.661 bits per heavy atom. The molecule has 0 saturated heterocycles. The monoisotopic (exact) mass is 1650 g/mol. The third kappa shape index (κ3) is 14.7. The molecular weight excluding hydrogens is 1510 g/mol. The van der Waals surface area contributed by atoms with Gasteiger partial charge in [0.15, 0.2) is 24.8 Å². The molecule has 0 atom stereocenters. The van der Waals surface area contributed by atoms with Crippen LogP contribution in [0, 0.1) is 62.0 Å². The molecule has 2 saturated carbocycles. The molecule has 22 rings (SSSR count). The van der Waals surface area contributed by atoms with E-state index in [2.05, 4.69) is 259 Å². The van der Waals surface area contributed by atoms with Gasteiger partial charge in [-0.15, -0.1) is 0 Å². The SMILES string of the molecule is C.C.C.C.Cc1ccc2cc3c(cc2c1)c1cc[n+](C)c(-c2ccccc2C)c1n3C.Cc1ccccc1-c1c2c(cc[n+]1C)c1cc3ccccc3cc1n2C.[2H]C([2H])([2H])c1ccc(-c2c3c(c(C([2H])([2H])[2H])c[n+]2C)c2ccc4cc(C5([2H])CCCC5)ccc4c2n3C)c(C)c1.[2H]C([2H])([2H])c1ccc(-c2c3c(c(C([2H])([2H])[2H])c[n+]2C)c2ccc4cc(C5([2H])CCCCC5)ccc4c2n3C)c(C)c1. The van der Waals surface area contributed by atoms with Gasteiger partial charge in [0, 0.05) is 136 Å². The lowest BCUT2D eigenvalue weighted by molar-refractivity contribution is -0.659. The number of hydrogen-bond donors (Lipinski definition) is 0. The third-order valence-electron chi connectivity index (χ3n) is 26.5. The molecule has 0 spiro atoms. The number of pyridine rings is 4. The first-order valence-electron chi connectivity index (χ1n) is 49.3. The Labute approximate surface area is 755 Å². The van der Waals surface area contributed by atoms with E-state index in [9.17, 15) is 0 Å². The van der Waals surface area contributed by atoms with Gasteiger partial charge in [-0.05, 0) is 214 Å². The summed E-state index contributed by atoms with van der Waals surface area (Å²) < 4.78 is 133. The Morgan fingerprint density at radius 1 is 0.282 bits per heavy atom. The highest BCUT2D eigenvalue weighted by Gasteiger charge is 2.31. The predicted octanol–water partition coefficient (Wildman–Crippen LogP) is 28.9. The van der Waals surface area contributed by atoms with Crippen molar-refractivity contribution in [2.24, 2.45) is 56.4 Å². The molecule has 0 unspecified atom stereocenters. The fourth-order valence-corrected chi connectivity index (χ4v) is 20.5. The summed E-state index contributed by atoms with van der Waals surface area (Å²) in [6, 6.07) is 77.5. The van der Waals surface area contributed by atoms with Crippen LogP contribution in [0.25, 0.3) is 175 Å². The zero-order valence-corrected chi connectivity index (χ0v) is 71.1. The molecule has 0 aliphatic heterocycles. The van der Waals surface area contributed by atoms with E-state index >= 15 is 0 Å². The predicted molar refractivity (Wildman–Crippen MR) is 535 cm³/mol. The molecule has 12 aromatic carbocycles. The molecule has 8 heterocycles. The van der Waals surface area contributed by atoms with E-state index in [1.807, 2.05) is 81.5 Å². The van der Waals surface area contributed by atoms with Gasteiger partial charge < -0.3 is 18.3 Å². The van der Waals surface area contributed by atoms with Crippen LogP contribution in [0.5, 0.6) is 0 Å². The van der Waals surface area contributed by atoms with Crippen molar-refractivity contribution in [2.45, 2.75) is 161 Å². The molecule has 0 radical (unpaired) electrons. The van der Waals surface area contributed by atoms with Gasteiger partial charge in [0.1, 0.15) is 50.3 Å². The van der Waals surface area contributed by atoms with E-state index < -0.39 is 39.2 Å². The van der Waals surface area contributed by atoms with Crippen LogP contribution in [0.2, 0.25) is 0 Å². The van der Waals surface area contributed by atoms with Gasteiger partial charge in [0.25, 0.3) is 0 Å². The van der Waals surface area contributed by atoms with Crippen molar-refractivity contribution < 1.29 is 37.5 Å². The summed E-state index contributed by atoms with van der Waals surface area (Å²) in [5.74, 6) is -1.11. The topological polar surface area (TPSA) is 35.2 Å². The number of rotatable bonds is 6. The Morgan fingerprint density at radius 3 is 1.10 bits per heavy atom. The minimum Gasteiger partial charge on any atom is -0.338 e. The normalized spacial score (nSPS) is 15.7. The molecule has 0 amide bonds. The summed E-state index contributed by atoms with van der Waals surface area (Å²) in [5, 5.41) is 17.6. The quantitative estimate of drug-likeness (QED) is 0.149. The first-order chi connectivity index (χ1) is 63.6. The second-order valence-corrected chi connectivity index (χ2v) is 34.2. The summed E-state index contributed by atoms with van der Waals surface area (Å²) in [4.78, 5) is 0. The zero-order chi connectivity index (χ0) is 94.8. The van der Waals surface area contributed by atoms with Crippen LogP contribution >= 0.6 is 0 Å².